The van der Waals surface area contributed by atoms with E-state index < -0.39 is 0 Å². The minimum atomic E-state index is 0.123. The first kappa shape index (κ1) is 10.1. The highest BCUT2D eigenvalue weighted by atomic mass is 35.5. The maximum absolute atomic E-state index is 9.52. The summed E-state index contributed by atoms with van der Waals surface area (Å²) in [4.78, 5) is 0. The molecule has 0 saturated heterocycles. The molecule has 15 heavy (non-hydrogen) atoms. The van der Waals surface area contributed by atoms with Gasteiger partial charge in [0.25, 0.3) is 0 Å². The van der Waals surface area contributed by atoms with Crippen LogP contribution >= 0.6 is 11.6 Å². The normalized spacial score (nSPS) is 10.3. The number of phenolic OH excluding ortho intramolecular Hbond substituents is 1. The van der Waals surface area contributed by atoms with Crippen LogP contribution in [0.4, 0.5) is 0 Å². The molecule has 2 heteroatoms. The van der Waals surface area contributed by atoms with Gasteiger partial charge in [-0.1, -0.05) is 48.0 Å². The first-order chi connectivity index (χ1) is 7.20. The Morgan fingerprint density at radius 1 is 0.933 bits per heavy atom. The van der Waals surface area contributed by atoms with Crippen molar-refractivity contribution in [2.45, 2.75) is 6.92 Å². The van der Waals surface area contributed by atoms with E-state index in [-0.39, 0.29) is 5.75 Å². The van der Waals surface area contributed by atoms with Crippen molar-refractivity contribution in [2.24, 2.45) is 0 Å². The highest BCUT2D eigenvalue weighted by Crippen LogP contribution is 2.35. The molecule has 0 atom stereocenters. The van der Waals surface area contributed by atoms with Gasteiger partial charge in [-0.25, -0.2) is 0 Å². The zero-order chi connectivity index (χ0) is 10.8. The summed E-state index contributed by atoms with van der Waals surface area (Å²) in [5.74, 6) is 0.123. The largest absolute Gasteiger partial charge is 0.506 e. The van der Waals surface area contributed by atoms with Crippen molar-refractivity contribution in [3.05, 3.63) is 53.1 Å². The smallest absolute Gasteiger partial charge is 0.134 e. The minimum Gasteiger partial charge on any atom is -0.506 e. The minimum absolute atomic E-state index is 0.123. The highest BCUT2D eigenvalue weighted by Gasteiger charge is 2.08. The molecule has 0 bridgehead atoms. The van der Waals surface area contributed by atoms with Crippen molar-refractivity contribution < 1.29 is 5.11 Å². The maximum atomic E-state index is 9.52. The molecule has 2 aromatic carbocycles. The van der Waals surface area contributed by atoms with Crippen LogP contribution < -0.4 is 0 Å². The highest BCUT2D eigenvalue weighted by molar-refractivity contribution is 6.34. The summed E-state index contributed by atoms with van der Waals surface area (Å²) in [6.45, 7) is 2.02. The van der Waals surface area contributed by atoms with E-state index in [1.54, 1.807) is 12.1 Å². The molecule has 1 nitrogen and oxygen atoms in total. The number of aryl methyl sites for hydroxylation is 1. The van der Waals surface area contributed by atoms with Gasteiger partial charge in [-0.3, -0.25) is 0 Å². The van der Waals surface area contributed by atoms with Gasteiger partial charge in [0.05, 0.1) is 5.02 Å². The number of halogens is 1. The van der Waals surface area contributed by atoms with Crippen LogP contribution in [0.25, 0.3) is 11.1 Å². The van der Waals surface area contributed by atoms with Gasteiger partial charge in [0.15, 0.2) is 0 Å². The Morgan fingerprint density at radius 3 is 2.33 bits per heavy atom. The molecule has 76 valence electrons. The molecule has 0 aliphatic carbocycles. The van der Waals surface area contributed by atoms with E-state index >= 15 is 0 Å². The Labute approximate surface area is 94.0 Å². The van der Waals surface area contributed by atoms with Crippen LogP contribution in [0.2, 0.25) is 5.02 Å². The van der Waals surface area contributed by atoms with Crippen molar-refractivity contribution in [1.29, 1.82) is 0 Å². The third-order valence-corrected chi connectivity index (χ3v) is 2.81. The summed E-state index contributed by atoms with van der Waals surface area (Å²) in [7, 11) is 0. The zero-order valence-electron chi connectivity index (χ0n) is 8.37. The van der Waals surface area contributed by atoms with Crippen molar-refractivity contribution in [2.75, 3.05) is 0 Å². The number of benzene rings is 2. The molecule has 0 heterocycles. The lowest BCUT2D eigenvalue weighted by Gasteiger charge is -2.08. The topological polar surface area (TPSA) is 20.2 Å². The number of phenols is 1. The monoisotopic (exact) mass is 218 g/mol. The van der Waals surface area contributed by atoms with E-state index in [1.165, 1.54) is 0 Å². The fourth-order valence-electron chi connectivity index (χ4n) is 1.60. The molecule has 2 aromatic rings. The summed E-state index contributed by atoms with van der Waals surface area (Å²) in [6, 6.07) is 13.3. The van der Waals surface area contributed by atoms with E-state index in [2.05, 4.69) is 0 Å². The Bertz CT molecular complexity index is 492. The van der Waals surface area contributed by atoms with Gasteiger partial charge < -0.3 is 5.11 Å². The third kappa shape index (κ3) is 1.83. The molecule has 0 aromatic heterocycles. The van der Waals surface area contributed by atoms with E-state index in [1.807, 2.05) is 37.3 Å². The summed E-state index contributed by atoms with van der Waals surface area (Å²) >= 11 is 6.05. The average molecular weight is 219 g/mol. The molecule has 0 spiro atoms. The quantitative estimate of drug-likeness (QED) is 0.767. The van der Waals surface area contributed by atoms with E-state index in [4.69, 9.17) is 11.6 Å². The fraction of sp³-hybridized carbons (Fsp3) is 0.0769. The van der Waals surface area contributed by atoms with Crippen molar-refractivity contribution in [3.63, 3.8) is 0 Å². The van der Waals surface area contributed by atoms with E-state index in [9.17, 15) is 5.11 Å². The molecule has 1 N–H and O–H groups in total. The van der Waals surface area contributed by atoms with E-state index in [0.717, 1.165) is 16.7 Å². The van der Waals surface area contributed by atoms with Crippen LogP contribution in [0.5, 0.6) is 5.75 Å². The van der Waals surface area contributed by atoms with Gasteiger partial charge >= 0.3 is 0 Å². The van der Waals surface area contributed by atoms with Crippen LogP contribution in [-0.4, -0.2) is 5.11 Å². The van der Waals surface area contributed by atoms with Gasteiger partial charge in [-0.05, 0) is 24.1 Å². The Morgan fingerprint density at radius 2 is 1.60 bits per heavy atom. The molecule has 0 aliphatic heterocycles. The number of aromatic hydroxyl groups is 1. The third-order valence-electron chi connectivity index (χ3n) is 2.41. The first-order valence-electron chi connectivity index (χ1n) is 4.73. The molecule has 0 amide bonds. The van der Waals surface area contributed by atoms with Crippen LogP contribution in [0, 0.1) is 6.92 Å². The van der Waals surface area contributed by atoms with Crippen LogP contribution in [0.3, 0.4) is 0 Å². The Hall–Kier alpha value is -1.47. The molecule has 0 aliphatic rings. The van der Waals surface area contributed by atoms with E-state index in [0.29, 0.717) is 5.02 Å². The van der Waals surface area contributed by atoms with Crippen molar-refractivity contribution in [1.82, 2.24) is 0 Å². The second-order valence-electron chi connectivity index (χ2n) is 3.45. The van der Waals surface area contributed by atoms with Gasteiger partial charge in [-0.2, -0.15) is 0 Å². The second kappa shape index (κ2) is 3.95. The second-order valence-corrected chi connectivity index (χ2v) is 3.83. The molecule has 2 rings (SSSR count). The molecule has 0 saturated carbocycles. The summed E-state index contributed by atoms with van der Waals surface area (Å²) in [5.41, 5.74) is 3.07. The van der Waals surface area contributed by atoms with Crippen molar-refractivity contribution in [3.8, 4) is 16.9 Å². The molecular formula is C13H11ClO. The van der Waals surface area contributed by atoms with Gasteiger partial charge in [0, 0.05) is 5.56 Å². The fourth-order valence-corrected chi connectivity index (χ4v) is 1.83. The lowest BCUT2D eigenvalue weighted by Crippen LogP contribution is -1.83. The van der Waals surface area contributed by atoms with Crippen LogP contribution in [-0.2, 0) is 0 Å². The zero-order valence-corrected chi connectivity index (χ0v) is 9.12. The van der Waals surface area contributed by atoms with Crippen LogP contribution in [0.15, 0.2) is 42.5 Å². The average Bonchev–Trinajstić information content (AvgIpc) is 2.23. The molecule has 0 fully saturated rings. The predicted molar refractivity (Wildman–Crippen MR) is 63.3 cm³/mol. The number of rotatable bonds is 1. The maximum Gasteiger partial charge on any atom is 0.134 e. The standard InChI is InChI=1S/C13H11ClO/c1-9-5-2-3-6-10(9)11-7-4-8-12(15)13(11)14/h2-8,15H,1H3. The lowest BCUT2D eigenvalue weighted by molar-refractivity contribution is 0.476. The number of hydrogen-bond donors (Lipinski definition) is 1. The van der Waals surface area contributed by atoms with Crippen molar-refractivity contribution >= 4 is 11.6 Å². The van der Waals surface area contributed by atoms with Gasteiger partial charge in [0.1, 0.15) is 5.75 Å². The molecule has 0 radical (unpaired) electrons. The lowest BCUT2D eigenvalue weighted by atomic mass is 10.0. The Kier molecular flexibility index (Phi) is 2.65. The molecule has 0 unspecified atom stereocenters. The SMILES string of the molecule is Cc1ccccc1-c1cccc(O)c1Cl. The van der Waals surface area contributed by atoms with Crippen LogP contribution in [0.1, 0.15) is 5.56 Å². The van der Waals surface area contributed by atoms with Gasteiger partial charge in [0.2, 0.25) is 0 Å². The number of hydrogen-bond acceptors (Lipinski definition) is 1. The summed E-state index contributed by atoms with van der Waals surface area (Å²) in [6.07, 6.45) is 0. The predicted octanol–water partition coefficient (Wildman–Crippen LogP) is 4.02. The molecular weight excluding hydrogens is 208 g/mol. The van der Waals surface area contributed by atoms with Gasteiger partial charge in [-0.15, -0.1) is 0 Å². The first-order valence-corrected chi connectivity index (χ1v) is 5.11. The Balaban J connectivity index is 2.65. The summed E-state index contributed by atoms with van der Waals surface area (Å²) < 4.78 is 0. The summed E-state index contributed by atoms with van der Waals surface area (Å²) in [5, 5.41) is 9.93.